The molecule has 1 amide bonds. The number of nitrogens with zero attached hydrogens (tertiary/aromatic N) is 1. The predicted molar refractivity (Wildman–Crippen MR) is 75.8 cm³/mol. The molecule has 3 N–H and O–H groups in total. The van der Waals surface area contributed by atoms with Crippen molar-refractivity contribution in [3.63, 3.8) is 0 Å². The molecule has 1 fully saturated rings. The van der Waals surface area contributed by atoms with Gasteiger partial charge in [0, 0.05) is 5.41 Å². The first-order valence-corrected chi connectivity index (χ1v) is 7.17. The Kier molecular flexibility index (Phi) is 5.77. The Morgan fingerprint density at radius 3 is 2.33 bits per heavy atom. The van der Waals surface area contributed by atoms with Gasteiger partial charge in [-0.1, -0.05) is 19.3 Å². The Morgan fingerprint density at radius 2 is 1.95 bits per heavy atom. The van der Waals surface area contributed by atoms with E-state index >= 15 is 0 Å². The number of amides is 1. The number of nitrogens with two attached hydrogens (primary N) is 1. The lowest BCUT2D eigenvalue weighted by Gasteiger charge is -2.40. The minimum Gasteiger partial charge on any atom is -0.512 e. The summed E-state index contributed by atoms with van der Waals surface area (Å²) < 4.78 is 5.00. The predicted octanol–water partition coefficient (Wildman–Crippen LogP) is 1.96. The number of carbonyl (C=O) groups is 2. The van der Waals surface area contributed by atoms with Crippen molar-refractivity contribution in [1.29, 1.82) is 5.26 Å². The normalized spacial score (nSPS) is 19.9. The highest BCUT2D eigenvalue weighted by Crippen LogP contribution is 2.49. The van der Waals surface area contributed by atoms with Gasteiger partial charge in [0.15, 0.2) is 0 Å². The van der Waals surface area contributed by atoms with Gasteiger partial charge in [0.05, 0.1) is 18.2 Å². The summed E-state index contributed by atoms with van der Waals surface area (Å²) in [5, 5.41) is 19.3. The van der Waals surface area contributed by atoms with E-state index in [-0.39, 0.29) is 17.9 Å². The van der Waals surface area contributed by atoms with Crippen LogP contribution in [0.3, 0.4) is 0 Å². The van der Waals surface area contributed by atoms with Crippen molar-refractivity contribution in [2.75, 3.05) is 6.61 Å². The molecule has 0 aromatic heterocycles. The lowest BCUT2D eigenvalue weighted by Crippen LogP contribution is -2.44. The summed E-state index contributed by atoms with van der Waals surface area (Å²) in [5.41, 5.74) is 4.33. The van der Waals surface area contributed by atoms with Crippen LogP contribution in [0.2, 0.25) is 0 Å². The Labute approximate surface area is 124 Å². The zero-order valence-corrected chi connectivity index (χ0v) is 12.5. The highest BCUT2D eigenvalue weighted by Gasteiger charge is 2.50. The Bertz CT molecular complexity index is 480. The quantitative estimate of drug-likeness (QED) is 0.457. The van der Waals surface area contributed by atoms with E-state index in [1.165, 1.54) is 6.92 Å². The van der Waals surface area contributed by atoms with Gasteiger partial charge in [-0.25, -0.2) is 4.79 Å². The van der Waals surface area contributed by atoms with E-state index in [2.05, 4.69) is 0 Å². The maximum atomic E-state index is 12.2. The van der Waals surface area contributed by atoms with E-state index in [4.69, 9.17) is 10.5 Å². The molecule has 1 aliphatic rings. The number of hydrogen-bond donors (Lipinski definition) is 2. The molecular weight excluding hydrogens is 272 g/mol. The molecule has 21 heavy (non-hydrogen) atoms. The largest absolute Gasteiger partial charge is 0.512 e. The number of rotatable bonds is 5. The highest BCUT2D eigenvalue weighted by atomic mass is 16.5. The molecule has 0 aromatic rings. The van der Waals surface area contributed by atoms with Crippen LogP contribution in [0.15, 0.2) is 11.3 Å². The molecule has 0 aliphatic heterocycles. The SMILES string of the molecule is CCOC(=O)/C(=C(\C)O)C1([C@@H](C#N)C(N)=O)CCCCC1. The molecule has 0 saturated heterocycles. The van der Waals surface area contributed by atoms with Gasteiger partial charge in [-0.05, 0) is 26.7 Å². The lowest BCUT2D eigenvalue weighted by molar-refractivity contribution is -0.141. The number of allylic oxidation sites excluding steroid dienone is 1. The van der Waals surface area contributed by atoms with Gasteiger partial charge in [-0.2, -0.15) is 5.26 Å². The summed E-state index contributed by atoms with van der Waals surface area (Å²) in [4.78, 5) is 23.9. The molecule has 6 heteroatoms. The first-order chi connectivity index (χ1) is 9.90. The van der Waals surface area contributed by atoms with Crippen LogP contribution < -0.4 is 5.73 Å². The summed E-state index contributed by atoms with van der Waals surface area (Å²) in [6.45, 7) is 3.18. The molecule has 0 unspecified atom stereocenters. The molecule has 0 aromatic carbocycles. The van der Waals surface area contributed by atoms with Crippen LogP contribution in [0.25, 0.3) is 0 Å². The molecule has 0 radical (unpaired) electrons. The van der Waals surface area contributed by atoms with Crippen molar-refractivity contribution in [3.05, 3.63) is 11.3 Å². The first-order valence-electron chi connectivity index (χ1n) is 7.17. The van der Waals surface area contributed by atoms with E-state index in [1.807, 2.05) is 6.07 Å². The topological polar surface area (TPSA) is 113 Å². The van der Waals surface area contributed by atoms with Crippen LogP contribution in [0.4, 0.5) is 0 Å². The van der Waals surface area contributed by atoms with Gasteiger partial charge in [0.25, 0.3) is 0 Å². The minimum absolute atomic E-state index is 0.0226. The van der Waals surface area contributed by atoms with Gasteiger partial charge >= 0.3 is 5.97 Å². The van der Waals surface area contributed by atoms with Crippen molar-refractivity contribution >= 4 is 11.9 Å². The van der Waals surface area contributed by atoms with Gasteiger partial charge in [0.2, 0.25) is 5.91 Å². The fourth-order valence-corrected chi connectivity index (χ4v) is 3.24. The third-order valence-corrected chi connectivity index (χ3v) is 4.05. The fraction of sp³-hybridized carbons (Fsp3) is 0.667. The van der Waals surface area contributed by atoms with Gasteiger partial charge < -0.3 is 15.6 Å². The molecule has 0 spiro atoms. The summed E-state index contributed by atoms with van der Waals surface area (Å²) in [5.74, 6) is -2.82. The third kappa shape index (κ3) is 3.35. The van der Waals surface area contributed by atoms with Gasteiger partial charge in [-0.15, -0.1) is 0 Å². The minimum atomic E-state index is -1.15. The zero-order chi connectivity index (χ0) is 16.0. The van der Waals surface area contributed by atoms with Crippen molar-refractivity contribution in [3.8, 4) is 6.07 Å². The number of aliphatic hydroxyl groups is 1. The second-order valence-corrected chi connectivity index (χ2v) is 5.36. The summed E-state index contributed by atoms with van der Waals surface area (Å²) >= 11 is 0. The second kappa shape index (κ2) is 7.11. The Balaban J connectivity index is 3.41. The number of nitriles is 1. The van der Waals surface area contributed by atoms with Crippen LogP contribution in [-0.4, -0.2) is 23.6 Å². The van der Waals surface area contributed by atoms with Crippen molar-refractivity contribution in [2.24, 2.45) is 17.1 Å². The number of ether oxygens (including phenoxy) is 1. The average Bonchev–Trinajstić information content (AvgIpc) is 2.39. The molecule has 6 nitrogen and oxygen atoms in total. The van der Waals surface area contributed by atoms with Crippen LogP contribution >= 0.6 is 0 Å². The molecule has 1 rings (SSSR count). The first kappa shape index (κ1) is 17.0. The maximum Gasteiger partial charge on any atom is 0.338 e. The third-order valence-electron chi connectivity index (χ3n) is 4.05. The number of aliphatic hydroxyl groups excluding tert-OH is 1. The molecule has 1 aliphatic carbocycles. The van der Waals surface area contributed by atoms with E-state index < -0.39 is 23.2 Å². The Hall–Kier alpha value is -2.03. The average molecular weight is 294 g/mol. The molecule has 1 atom stereocenters. The standard InChI is InChI=1S/C15H22N2O4/c1-3-21-14(20)12(10(2)18)15(7-5-4-6-8-15)11(9-16)13(17)19/h11,18H,3-8H2,1-2H3,(H2,17,19)/b12-10-/t11-/m0/s1. The smallest absolute Gasteiger partial charge is 0.338 e. The molecular formula is C15H22N2O4. The molecule has 1 saturated carbocycles. The monoisotopic (exact) mass is 294 g/mol. The second-order valence-electron chi connectivity index (χ2n) is 5.36. The molecule has 0 bridgehead atoms. The summed E-state index contributed by atoms with van der Waals surface area (Å²) in [6.07, 6.45) is 3.41. The van der Waals surface area contributed by atoms with Crippen LogP contribution in [0.5, 0.6) is 0 Å². The lowest BCUT2D eigenvalue weighted by atomic mass is 9.61. The number of primary amides is 1. The van der Waals surface area contributed by atoms with Gasteiger partial charge in [0.1, 0.15) is 11.7 Å². The number of hydrogen-bond acceptors (Lipinski definition) is 5. The van der Waals surface area contributed by atoms with E-state index in [0.717, 1.165) is 19.3 Å². The molecule has 0 heterocycles. The van der Waals surface area contributed by atoms with Crippen LogP contribution in [-0.2, 0) is 14.3 Å². The van der Waals surface area contributed by atoms with E-state index in [0.29, 0.717) is 12.8 Å². The van der Waals surface area contributed by atoms with Crippen LogP contribution in [0.1, 0.15) is 46.0 Å². The number of carbonyl (C=O) groups excluding carboxylic acids is 2. The highest BCUT2D eigenvalue weighted by molar-refractivity contribution is 5.93. The maximum absolute atomic E-state index is 12.2. The Morgan fingerprint density at radius 1 is 1.38 bits per heavy atom. The molecule has 116 valence electrons. The van der Waals surface area contributed by atoms with Crippen molar-refractivity contribution in [2.45, 2.75) is 46.0 Å². The number of esters is 1. The van der Waals surface area contributed by atoms with Crippen LogP contribution in [0, 0.1) is 22.7 Å². The zero-order valence-electron chi connectivity index (χ0n) is 12.5. The van der Waals surface area contributed by atoms with E-state index in [1.54, 1.807) is 6.92 Å². The summed E-state index contributed by atoms with van der Waals surface area (Å²) in [7, 11) is 0. The van der Waals surface area contributed by atoms with Crippen molar-refractivity contribution in [1.82, 2.24) is 0 Å². The van der Waals surface area contributed by atoms with Crippen molar-refractivity contribution < 1.29 is 19.4 Å². The fourth-order valence-electron chi connectivity index (χ4n) is 3.24. The van der Waals surface area contributed by atoms with E-state index in [9.17, 15) is 20.0 Å². The van der Waals surface area contributed by atoms with Gasteiger partial charge in [-0.3, -0.25) is 4.79 Å². The summed E-state index contributed by atoms with van der Waals surface area (Å²) in [6, 6.07) is 1.92.